The molecule has 1 aliphatic rings. The largest absolute Gasteiger partial charge is 0.396 e. The van der Waals surface area contributed by atoms with Crippen LogP contribution >= 0.6 is 0 Å². The van der Waals surface area contributed by atoms with Crippen LogP contribution in [0.5, 0.6) is 0 Å². The molecule has 1 aliphatic heterocycles. The van der Waals surface area contributed by atoms with Gasteiger partial charge in [-0.25, -0.2) is 0 Å². The molecule has 1 atom stereocenters. The van der Waals surface area contributed by atoms with E-state index in [4.69, 9.17) is 4.74 Å². The van der Waals surface area contributed by atoms with Gasteiger partial charge in [0.2, 0.25) is 5.91 Å². The van der Waals surface area contributed by atoms with Crippen molar-refractivity contribution in [3.05, 3.63) is 0 Å². The van der Waals surface area contributed by atoms with Crippen LogP contribution in [-0.2, 0) is 9.53 Å². The van der Waals surface area contributed by atoms with E-state index in [-0.39, 0.29) is 23.8 Å². The molecule has 1 unspecified atom stereocenters. The molecule has 0 bridgehead atoms. The van der Waals surface area contributed by atoms with Crippen molar-refractivity contribution < 1.29 is 14.6 Å². The molecule has 1 rings (SSSR count). The van der Waals surface area contributed by atoms with Crippen LogP contribution in [0.3, 0.4) is 0 Å². The normalized spacial score (nSPS) is 21.1. The average molecular weight is 229 g/mol. The Hall–Kier alpha value is -0.610. The Balaban J connectivity index is 2.39. The summed E-state index contributed by atoms with van der Waals surface area (Å²) in [7, 11) is 0. The van der Waals surface area contributed by atoms with Gasteiger partial charge in [-0.2, -0.15) is 0 Å². The molecule has 0 saturated carbocycles. The molecule has 0 aromatic rings. The smallest absolute Gasteiger partial charge is 0.225 e. The van der Waals surface area contributed by atoms with Crippen molar-refractivity contribution in [2.45, 2.75) is 33.1 Å². The number of rotatable bonds is 6. The van der Waals surface area contributed by atoms with Crippen molar-refractivity contribution in [2.75, 3.05) is 26.4 Å². The molecule has 1 heterocycles. The second-order valence-electron chi connectivity index (χ2n) is 4.64. The number of amides is 1. The third-order valence-corrected chi connectivity index (χ3v) is 3.77. The summed E-state index contributed by atoms with van der Waals surface area (Å²) >= 11 is 0. The molecule has 94 valence electrons. The van der Waals surface area contributed by atoms with Gasteiger partial charge >= 0.3 is 0 Å². The first-order valence-electron chi connectivity index (χ1n) is 6.13. The Morgan fingerprint density at radius 1 is 1.50 bits per heavy atom. The first kappa shape index (κ1) is 13.5. The maximum Gasteiger partial charge on any atom is 0.225 e. The SMILES string of the molecule is CCC(CC)(CO)CNC(=O)C1CCOC1. The lowest BCUT2D eigenvalue weighted by atomic mass is 9.83. The molecule has 4 nitrogen and oxygen atoms in total. The van der Waals surface area contributed by atoms with Crippen molar-refractivity contribution in [2.24, 2.45) is 11.3 Å². The number of aliphatic hydroxyl groups excluding tert-OH is 1. The van der Waals surface area contributed by atoms with Gasteiger partial charge in [-0.1, -0.05) is 13.8 Å². The van der Waals surface area contributed by atoms with E-state index < -0.39 is 0 Å². The summed E-state index contributed by atoms with van der Waals surface area (Å²) in [5.74, 6) is 0.0716. The van der Waals surface area contributed by atoms with Gasteiger partial charge in [0.1, 0.15) is 0 Å². The Bertz CT molecular complexity index is 212. The van der Waals surface area contributed by atoms with Gasteiger partial charge in [0.25, 0.3) is 0 Å². The van der Waals surface area contributed by atoms with E-state index in [0.717, 1.165) is 19.3 Å². The van der Waals surface area contributed by atoms with Crippen molar-refractivity contribution in [1.29, 1.82) is 0 Å². The van der Waals surface area contributed by atoms with E-state index in [9.17, 15) is 9.90 Å². The van der Waals surface area contributed by atoms with Gasteiger partial charge in [0, 0.05) is 18.6 Å². The van der Waals surface area contributed by atoms with Gasteiger partial charge in [-0.15, -0.1) is 0 Å². The van der Waals surface area contributed by atoms with Crippen LogP contribution in [0.4, 0.5) is 0 Å². The van der Waals surface area contributed by atoms with Crippen LogP contribution in [0.1, 0.15) is 33.1 Å². The minimum Gasteiger partial charge on any atom is -0.396 e. The molecule has 1 amide bonds. The van der Waals surface area contributed by atoms with Crippen LogP contribution < -0.4 is 5.32 Å². The molecule has 4 heteroatoms. The Kier molecular flexibility index (Phi) is 5.22. The van der Waals surface area contributed by atoms with Crippen LogP contribution in [0.15, 0.2) is 0 Å². The van der Waals surface area contributed by atoms with Gasteiger partial charge in [0.15, 0.2) is 0 Å². The topological polar surface area (TPSA) is 58.6 Å². The maximum atomic E-state index is 11.8. The lowest BCUT2D eigenvalue weighted by Gasteiger charge is -2.29. The number of ether oxygens (including phenoxy) is 1. The van der Waals surface area contributed by atoms with E-state index in [0.29, 0.717) is 19.8 Å². The molecular weight excluding hydrogens is 206 g/mol. The fourth-order valence-electron chi connectivity index (χ4n) is 1.94. The fraction of sp³-hybridized carbons (Fsp3) is 0.917. The van der Waals surface area contributed by atoms with Crippen molar-refractivity contribution >= 4 is 5.91 Å². The quantitative estimate of drug-likeness (QED) is 0.712. The molecule has 0 spiro atoms. The molecule has 1 saturated heterocycles. The van der Waals surface area contributed by atoms with E-state index in [1.807, 2.05) is 13.8 Å². The summed E-state index contributed by atoms with van der Waals surface area (Å²) < 4.78 is 5.18. The van der Waals surface area contributed by atoms with Crippen molar-refractivity contribution in [3.8, 4) is 0 Å². The zero-order valence-electron chi connectivity index (χ0n) is 10.3. The number of hydrogen-bond acceptors (Lipinski definition) is 3. The zero-order chi connectivity index (χ0) is 12.0. The van der Waals surface area contributed by atoms with Crippen LogP contribution in [-0.4, -0.2) is 37.4 Å². The van der Waals surface area contributed by atoms with E-state index >= 15 is 0 Å². The first-order chi connectivity index (χ1) is 7.67. The zero-order valence-corrected chi connectivity index (χ0v) is 10.3. The highest BCUT2D eigenvalue weighted by atomic mass is 16.5. The van der Waals surface area contributed by atoms with Crippen molar-refractivity contribution in [1.82, 2.24) is 5.32 Å². The standard InChI is InChI=1S/C12H23NO3/c1-3-12(4-2,9-14)8-13-11(15)10-5-6-16-7-10/h10,14H,3-9H2,1-2H3,(H,13,15). The van der Waals surface area contributed by atoms with Crippen LogP contribution in [0, 0.1) is 11.3 Å². The minimum atomic E-state index is -0.158. The number of hydrogen-bond donors (Lipinski definition) is 2. The number of carbonyl (C=O) groups excluding carboxylic acids is 1. The Morgan fingerprint density at radius 3 is 2.62 bits per heavy atom. The molecule has 0 radical (unpaired) electrons. The summed E-state index contributed by atoms with van der Waals surface area (Å²) in [6.45, 7) is 6.00. The number of aliphatic hydroxyl groups is 1. The van der Waals surface area contributed by atoms with Crippen molar-refractivity contribution in [3.63, 3.8) is 0 Å². The highest BCUT2D eigenvalue weighted by molar-refractivity contribution is 5.79. The summed E-state index contributed by atoms with van der Waals surface area (Å²) in [4.78, 5) is 11.8. The predicted octanol–water partition coefficient (Wildman–Crippen LogP) is 0.938. The summed E-state index contributed by atoms with van der Waals surface area (Å²) in [6, 6.07) is 0. The second-order valence-corrected chi connectivity index (χ2v) is 4.64. The summed E-state index contributed by atoms with van der Waals surface area (Å²) in [6.07, 6.45) is 2.57. The molecule has 0 aromatic carbocycles. The first-order valence-corrected chi connectivity index (χ1v) is 6.13. The maximum absolute atomic E-state index is 11.8. The Labute approximate surface area is 97.4 Å². The minimum absolute atomic E-state index is 0.00473. The lowest BCUT2D eigenvalue weighted by Crippen LogP contribution is -2.41. The lowest BCUT2D eigenvalue weighted by molar-refractivity contribution is -0.125. The monoisotopic (exact) mass is 229 g/mol. The highest BCUT2D eigenvalue weighted by Gasteiger charge is 2.28. The van der Waals surface area contributed by atoms with Crippen LogP contribution in [0.25, 0.3) is 0 Å². The molecule has 2 N–H and O–H groups in total. The molecule has 0 aromatic heterocycles. The van der Waals surface area contributed by atoms with Gasteiger partial charge in [0.05, 0.1) is 19.1 Å². The second kappa shape index (κ2) is 6.21. The van der Waals surface area contributed by atoms with Gasteiger partial charge in [-0.3, -0.25) is 4.79 Å². The summed E-state index contributed by atoms with van der Waals surface area (Å²) in [5, 5.41) is 12.3. The molecule has 1 fully saturated rings. The highest BCUT2D eigenvalue weighted by Crippen LogP contribution is 2.24. The third kappa shape index (κ3) is 3.19. The number of nitrogens with one attached hydrogen (secondary N) is 1. The average Bonchev–Trinajstić information content (AvgIpc) is 2.85. The van der Waals surface area contributed by atoms with E-state index in [1.165, 1.54) is 0 Å². The summed E-state index contributed by atoms with van der Waals surface area (Å²) in [5.41, 5.74) is -0.158. The van der Waals surface area contributed by atoms with E-state index in [2.05, 4.69) is 5.32 Å². The fourth-order valence-corrected chi connectivity index (χ4v) is 1.94. The van der Waals surface area contributed by atoms with E-state index in [1.54, 1.807) is 0 Å². The molecular formula is C12H23NO3. The third-order valence-electron chi connectivity index (χ3n) is 3.77. The Morgan fingerprint density at radius 2 is 2.19 bits per heavy atom. The number of carbonyl (C=O) groups is 1. The molecule has 0 aliphatic carbocycles. The van der Waals surface area contributed by atoms with Gasteiger partial charge in [-0.05, 0) is 19.3 Å². The van der Waals surface area contributed by atoms with Crippen LogP contribution in [0.2, 0.25) is 0 Å². The predicted molar refractivity (Wildman–Crippen MR) is 62.0 cm³/mol. The molecule has 16 heavy (non-hydrogen) atoms. The van der Waals surface area contributed by atoms with Gasteiger partial charge < -0.3 is 15.2 Å².